The first-order valence-electron chi connectivity index (χ1n) is 7.50. The largest absolute Gasteiger partial charge is 0.726 e. The molecule has 3 rings (SSSR count). The van der Waals surface area contributed by atoms with Crippen molar-refractivity contribution in [3.63, 3.8) is 0 Å². The van der Waals surface area contributed by atoms with E-state index >= 15 is 0 Å². The van der Waals surface area contributed by atoms with Crippen LogP contribution in [0.2, 0.25) is 0 Å². The molecule has 0 saturated heterocycles. The Morgan fingerprint density at radius 2 is 1.81 bits per heavy atom. The van der Waals surface area contributed by atoms with E-state index in [0.717, 1.165) is 0 Å². The molecule has 0 radical (unpaired) electrons. The van der Waals surface area contributed by atoms with Gasteiger partial charge in [-0.2, -0.15) is 0 Å². The highest BCUT2D eigenvalue weighted by Gasteiger charge is 2.42. The van der Waals surface area contributed by atoms with Gasteiger partial charge in [0.1, 0.15) is 11.5 Å². The second-order valence-corrected chi connectivity index (χ2v) is 5.17. The van der Waals surface area contributed by atoms with Crippen molar-refractivity contribution in [1.29, 1.82) is 0 Å². The zero-order valence-electron chi connectivity index (χ0n) is 14.5. The highest BCUT2D eigenvalue weighted by atomic mass is 19.3. The maximum Gasteiger partial charge on any atom is 0.726 e. The smallest absolute Gasteiger partial charge is 0.626 e. The normalized spacial score (nSPS) is 21.1. The maximum absolute atomic E-state index is 14.1. The van der Waals surface area contributed by atoms with E-state index in [-0.39, 0.29) is 34.4 Å². The van der Waals surface area contributed by atoms with Crippen LogP contribution in [0.3, 0.4) is 0 Å². The van der Waals surface area contributed by atoms with Crippen molar-refractivity contribution in [3.8, 4) is 11.5 Å². The number of allylic oxidation sites excluding steroid dienone is 2. The minimum absolute atomic E-state index is 0.174. The quantitative estimate of drug-likeness (QED) is 0.742. The van der Waals surface area contributed by atoms with E-state index in [1.165, 1.54) is 46.9 Å². The lowest BCUT2D eigenvalue weighted by molar-refractivity contribution is -0.389. The summed E-state index contributed by atoms with van der Waals surface area (Å²) in [6, 6.07) is 0. The van der Waals surface area contributed by atoms with Gasteiger partial charge in [0.05, 0.1) is 28.4 Å². The van der Waals surface area contributed by atoms with Crippen LogP contribution in [0.1, 0.15) is 5.69 Å². The van der Waals surface area contributed by atoms with Crippen LogP contribution in [0.5, 0.6) is 11.5 Å². The first kappa shape index (κ1) is 17.7. The van der Waals surface area contributed by atoms with Crippen molar-refractivity contribution in [1.82, 2.24) is 4.98 Å². The standard InChI is InChI=1S/C15H16BF2N2O6/c1-21-10-6-19-12(14(10)23-3)8-5-9(26-16(17,18)25-8)13-15(24-4)11(22-2)7-20-13/h5-7,19H,1-4H3/q-1/p+1/b13-9-. The van der Waals surface area contributed by atoms with Crippen LogP contribution in [0.15, 0.2) is 35.2 Å². The first-order valence-corrected chi connectivity index (χ1v) is 7.50. The van der Waals surface area contributed by atoms with Gasteiger partial charge in [0, 0.05) is 12.3 Å². The number of halogens is 2. The van der Waals surface area contributed by atoms with Crippen LogP contribution >= 0.6 is 0 Å². The summed E-state index contributed by atoms with van der Waals surface area (Å²) in [5.74, 6) is 0.786. The van der Waals surface area contributed by atoms with Crippen LogP contribution in [0.4, 0.5) is 8.63 Å². The van der Waals surface area contributed by atoms with E-state index in [4.69, 9.17) is 28.3 Å². The Bertz CT molecular complexity index is 843. The Labute approximate surface area is 147 Å². The number of aromatic nitrogens is 1. The number of aromatic amines is 1. The molecule has 2 aliphatic rings. The molecule has 8 nitrogen and oxygen atoms in total. The number of ether oxygens (including phenoxy) is 4. The third kappa shape index (κ3) is 2.96. The van der Waals surface area contributed by atoms with E-state index in [0.29, 0.717) is 11.5 Å². The third-order valence-corrected chi connectivity index (χ3v) is 3.73. The van der Waals surface area contributed by atoms with Gasteiger partial charge in [-0.1, -0.05) is 0 Å². The fourth-order valence-electron chi connectivity index (χ4n) is 2.63. The Balaban J connectivity index is 2.13. The molecular formula is C15H17BF2N2O6. The molecule has 0 fully saturated rings. The van der Waals surface area contributed by atoms with Crippen LogP contribution in [-0.4, -0.2) is 46.7 Å². The molecule has 0 aliphatic carbocycles. The lowest BCUT2D eigenvalue weighted by Crippen LogP contribution is -2.65. The minimum Gasteiger partial charge on any atom is -0.626 e. The second-order valence-electron chi connectivity index (χ2n) is 5.17. The number of methoxy groups -OCH3 is 4. The molecule has 1 aromatic heterocycles. The van der Waals surface area contributed by atoms with Gasteiger partial charge in [-0.15, -0.1) is 0 Å². The summed E-state index contributed by atoms with van der Waals surface area (Å²) in [4.78, 5) is 5.60. The van der Waals surface area contributed by atoms with Crippen LogP contribution in [0, 0.1) is 0 Å². The minimum atomic E-state index is -4.62. The van der Waals surface area contributed by atoms with Crippen molar-refractivity contribution in [2.24, 2.45) is 0 Å². The number of hydrogen-bond donors (Lipinski definition) is 2. The summed E-state index contributed by atoms with van der Waals surface area (Å²) in [7, 11) is 1.02. The fourth-order valence-corrected chi connectivity index (χ4v) is 2.63. The molecule has 1 aromatic rings. The second kappa shape index (κ2) is 6.66. The summed E-state index contributed by atoms with van der Waals surface area (Å²) >= 11 is 0. The molecule has 0 unspecified atom stereocenters. The van der Waals surface area contributed by atoms with Crippen LogP contribution in [-0.2, 0) is 18.8 Å². The van der Waals surface area contributed by atoms with E-state index in [9.17, 15) is 8.63 Å². The molecule has 2 N–H and O–H groups in total. The molecular weight excluding hydrogens is 353 g/mol. The molecule has 0 bridgehead atoms. The van der Waals surface area contributed by atoms with E-state index < -0.39 is 7.11 Å². The van der Waals surface area contributed by atoms with Crippen molar-refractivity contribution < 1.29 is 41.9 Å². The van der Waals surface area contributed by atoms with Crippen molar-refractivity contribution in [3.05, 3.63) is 40.9 Å². The number of rotatable bonds is 5. The summed E-state index contributed by atoms with van der Waals surface area (Å²) in [5, 5.41) is 0. The van der Waals surface area contributed by atoms with Gasteiger partial charge >= 0.3 is 7.11 Å². The molecule has 140 valence electrons. The van der Waals surface area contributed by atoms with Gasteiger partial charge in [0.15, 0.2) is 17.3 Å². The molecule has 11 heteroatoms. The predicted octanol–water partition coefficient (Wildman–Crippen LogP) is 0.675. The van der Waals surface area contributed by atoms with Gasteiger partial charge in [-0.3, -0.25) is 0 Å². The van der Waals surface area contributed by atoms with Gasteiger partial charge in [0.25, 0.3) is 5.70 Å². The molecule has 0 atom stereocenters. The maximum atomic E-state index is 14.1. The van der Waals surface area contributed by atoms with Crippen LogP contribution < -0.4 is 14.5 Å². The highest BCUT2D eigenvalue weighted by molar-refractivity contribution is 6.53. The van der Waals surface area contributed by atoms with Gasteiger partial charge in [-0.05, 0) is 0 Å². The Morgan fingerprint density at radius 3 is 2.42 bits per heavy atom. The SMILES string of the molecule is COC1=C(OC)/C(=C2\C=C(c3[nH]cc(OC)c3OC)O[B-](F)(F)O2)[NH+]=C1. The van der Waals surface area contributed by atoms with Crippen molar-refractivity contribution in [2.45, 2.75) is 0 Å². The lowest BCUT2D eigenvalue weighted by Gasteiger charge is -2.33. The molecule has 2 aliphatic heterocycles. The third-order valence-electron chi connectivity index (χ3n) is 3.73. The van der Waals surface area contributed by atoms with Gasteiger partial charge in [-0.25, -0.2) is 4.99 Å². The van der Waals surface area contributed by atoms with Crippen molar-refractivity contribution in [2.75, 3.05) is 28.4 Å². The van der Waals surface area contributed by atoms with E-state index in [1.54, 1.807) is 0 Å². The highest BCUT2D eigenvalue weighted by Crippen LogP contribution is 2.40. The number of nitrogens with one attached hydrogen (secondary N) is 2. The summed E-state index contributed by atoms with van der Waals surface area (Å²) in [6.45, 7) is 0. The summed E-state index contributed by atoms with van der Waals surface area (Å²) in [6.07, 6.45) is 4.23. The average Bonchev–Trinajstić information content (AvgIpc) is 3.22. The monoisotopic (exact) mass is 370 g/mol. The average molecular weight is 370 g/mol. The molecule has 0 spiro atoms. The molecule has 3 heterocycles. The first-order chi connectivity index (χ1) is 12.4. The number of H-pyrrole nitrogens is 1. The van der Waals surface area contributed by atoms with Crippen molar-refractivity contribution >= 4 is 19.1 Å². The topological polar surface area (TPSA) is 85.1 Å². The summed E-state index contributed by atoms with van der Waals surface area (Å²) in [5.41, 5.74) is 0.369. The number of hydrogen-bond acceptors (Lipinski definition) is 6. The Hall–Kier alpha value is -3.11. The Morgan fingerprint density at radius 1 is 1.04 bits per heavy atom. The molecule has 0 aromatic carbocycles. The fraction of sp³-hybridized carbons (Fsp3) is 0.267. The van der Waals surface area contributed by atoms with Crippen LogP contribution in [0.25, 0.3) is 5.76 Å². The lowest BCUT2D eigenvalue weighted by atomic mass is 10.1. The zero-order valence-corrected chi connectivity index (χ0v) is 14.5. The molecule has 0 saturated carbocycles. The van der Waals surface area contributed by atoms with E-state index in [2.05, 4.69) is 9.98 Å². The van der Waals surface area contributed by atoms with Gasteiger partial charge < -0.3 is 41.9 Å². The Kier molecular flexibility index (Phi) is 4.53. The van der Waals surface area contributed by atoms with Gasteiger partial charge in [0.2, 0.25) is 17.7 Å². The zero-order chi connectivity index (χ0) is 18.9. The molecule has 0 amide bonds. The predicted molar refractivity (Wildman–Crippen MR) is 87.1 cm³/mol. The summed E-state index contributed by atoms with van der Waals surface area (Å²) < 4.78 is 58.3. The van der Waals surface area contributed by atoms with E-state index in [1.807, 2.05) is 0 Å². The molecule has 26 heavy (non-hydrogen) atoms.